The molecule has 2 fully saturated rings. The third-order valence-corrected chi connectivity index (χ3v) is 5.89. The number of anilines is 1. The van der Waals surface area contributed by atoms with Crippen molar-refractivity contribution in [3.63, 3.8) is 0 Å². The summed E-state index contributed by atoms with van der Waals surface area (Å²) >= 11 is 0. The maximum Gasteiger partial charge on any atom is 0.472 e. The number of aliphatic hydroxyl groups is 1. The molecule has 11 nitrogen and oxygen atoms in total. The molecule has 2 aliphatic heterocycles. The molecule has 1 aromatic carbocycles. The first-order valence-corrected chi connectivity index (χ1v) is 10.5. The Morgan fingerprint density at radius 3 is 2.90 bits per heavy atom. The molecule has 0 amide bonds. The lowest BCUT2D eigenvalue weighted by atomic mass is 10.1. The highest BCUT2D eigenvalue weighted by atomic mass is 31.2. The van der Waals surface area contributed by atoms with E-state index in [1.165, 1.54) is 12.7 Å². The van der Waals surface area contributed by atoms with Crippen molar-refractivity contribution in [3.05, 3.63) is 48.5 Å². The predicted octanol–water partition coefficient (Wildman–Crippen LogP) is 1.21. The van der Waals surface area contributed by atoms with Gasteiger partial charge in [0.1, 0.15) is 24.6 Å². The molecule has 29 heavy (non-hydrogen) atoms. The molecule has 0 saturated carbocycles. The molecular formula is C17H18N5O6P. The number of aliphatic hydroxyl groups excluding tert-OH is 1. The fraction of sp³-hybridized carbons (Fsp3) is 0.353. The highest BCUT2D eigenvalue weighted by Crippen LogP contribution is 2.52. The molecule has 0 bridgehead atoms. The van der Waals surface area contributed by atoms with Crippen LogP contribution in [0.5, 0.6) is 0 Å². The van der Waals surface area contributed by atoms with Crippen molar-refractivity contribution in [2.24, 2.45) is 0 Å². The van der Waals surface area contributed by atoms with E-state index >= 15 is 0 Å². The van der Waals surface area contributed by atoms with E-state index in [4.69, 9.17) is 13.8 Å². The zero-order valence-electron chi connectivity index (χ0n) is 15.0. The molecule has 3 aromatic rings. The molecular weight excluding hydrogens is 401 g/mol. The number of aromatic nitrogens is 4. The summed E-state index contributed by atoms with van der Waals surface area (Å²) in [7, 11) is -4.19. The third kappa shape index (κ3) is 3.42. The largest absolute Gasteiger partial charge is 0.472 e. The number of fused-ring (bicyclic) bond motifs is 2. The Bertz CT molecular complexity index is 1080. The lowest BCUT2D eigenvalue weighted by Gasteiger charge is -2.27. The molecule has 5 rings (SSSR count). The van der Waals surface area contributed by atoms with Crippen LogP contribution in [0.4, 0.5) is 5.82 Å². The number of nitrogens with zero attached hydrogens (tertiary/aromatic N) is 4. The fourth-order valence-electron chi connectivity index (χ4n) is 3.51. The summed E-state index contributed by atoms with van der Waals surface area (Å²) in [5, 5.41) is 13.9. The summed E-state index contributed by atoms with van der Waals surface area (Å²) in [6.45, 7) is 0.404. The number of benzene rings is 1. The van der Waals surface area contributed by atoms with Crippen LogP contribution in [0.3, 0.4) is 0 Å². The minimum Gasteiger partial charge on any atom is -0.386 e. The first-order chi connectivity index (χ1) is 14.0. The van der Waals surface area contributed by atoms with Crippen molar-refractivity contribution in [2.75, 3.05) is 11.9 Å². The average Bonchev–Trinajstić information content (AvgIpc) is 3.28. The molecule has 2 unspecified atom stereocenters. The minimum absolute atomic E-state index is 0.155. The van der Waals surface area contributed by atoms with E-state index in [-0.39, 0.29) is 6.61 Å². The number of hydrogen-bond acceptors (Lipinski definition) is 9. The number of phosphoric ester groups is 1. The molecule has 0 radical (unpaired) electrons. The highest BCUT2D eigenvalue weighted by Gasteiger charge is 2.52. The smallest absolute Gasteiger partial charge is 0.386 e. The van der Waals surface area contributed by atoms with Crippen LogP contribution in [0.2, 0.25) is 0 Å². The van der Waals surface area contributed by atoms with Crippen LogP contribution in [-0.4, -0.2) is 54.4 Å². The van der Waals surface area contributed by atoms with Gasteiger partial charge in [-0.25, -0.2) is 19.5 Å². The Labute approximate surface area is 164 Å². The van der Waals surface area contributed by atoms with Crippen molar-refractivity contribution in [3.8, 4) is 0 Å². The summed E-state index contributed by atoms with van der Waals surface area (Å²) in [6.07, 6.45) is -0.883. The van der Waals surface area contributed by atoms with Crippen LogP contribution in [0, 0.1) is 0 Å². The standard InChI is InChI=1S/C17H18N5O6P/c23-13-14-11(7-26-29(24,25)28-14)27-17(13)22-9-21-12-15(19-8-20-16(12)22)18-6-10-4-2-1-3-5-10/h1-5,8-9,11,13-14,17,23H,6-7H2,(H,24,25)(H,18,19,20)/t11-,13+,14?,17-/m1/s1. The summed E-state index contributed by atoms with van der Waals surface area (Å²) in [4.78, 5) is 22.4. The van der Waals surface area contributed by atoms with Gasteiger partial charge >= 0.3 is 7.82 Å². The summed E-state index contributed by atoms with van der Waals surface area (Å²) in [6, 6.07) is 9.85. The molecule has 2 aliphatic rings. The van der Waals surface area contributed by atoms with Gasteiger partial charge < -0.3 is 20.1 Å². The highest BCUT2D eigenvalue weighted by molar-refractivity contribution is 7.47. The van der Waals surface area contributed by atoms with Gasteiger partial charge in [-0.05, 0) is 5.56 Å². The predicted molar refractivity (Wildman–Crippen MR) is 99.7 cm³/mol. The molecule has 4 heterocycles. The Morgan fingerprint density at radius 2 is 2.07 bits per heavy atom. The number of hydrogen-bond donors (Lipinski definition) is 3. The van der Waals surface area contributed by atoms with E-state index in [0.29, 0.717) is 23.5 Å². The summed E-state index contributed by atoms with van der Waals surface area (Å²) < 4.78 is 28.8. The van der Waals surface area contributed by atoms with Gasteiger partial charge in [-0.3, -0.25) is 13.6 Å². The first-order valence-electron chi connectivity index (χ1n) is 8.96. The zero-order valence-corrected chi connectivity index (χ0v) is 15.9. The SMILES string of the molecule is O=P1(O)OC[C@H]2O[C@@H](n3cnc4c(NCc5ccccc5)ncnc43)[C@@H](O)C2O1. The maximum atomic E-state index is 11.7. The summed E-state index contributed by atoms with van der Waals surface area (Å²) in [5.74, 6) is 0.543. The van der Waals surface area contributed by atoms with Crippen LogP contribution in [0.1, 0.15) is 11.8 Å². The summed E-state index contributed by atoms with van der Waals surface area (Å²) in [5.41, 5.74) is 2.05. The second-order valence-electron chi connectivity index (χ2n) is 6.78. The van der Waals surface area contributed by atoms with Crippen LogP contribution >= 0.6 is 7.82 Å². The average molecular weight is 419 g/mol. The van der Waals surface area contributed by atoms with E-state index < -0.39 is 32.4 Å². The van der Waals surface area contributed by atoms with Crippen molar-refractivity contribution in [2.45, 2.75) is 31.1 Å². The van der Waals surface area contributed by atoms with Crippen LogP contribution in [0.15, 0.2) is 43.0 Å². The van der Waals surface area contributed by atoms with Crippen molar-refractivity contribution >= 4 is 24.8 Å². The van der Waals surface area contributed by atoms with E-state index in [1.807, 2.05) is 30.3 Å². The van der Waals surface area contributed by atoms with Gasteiger partial charge in [0.05, 0.1) is 12.9 Å². The molecule has 5 atom stereocenters. The van der Waals surface area contributed by atoms with E-state index in [0.717, 1.165) is 5.56 Å². The van der Waals surface area contributed by atoms with Gasteiger partial charge in [-0.2, -0.15) is 0 Å². The number of phosphoric acid groups is 1. The monoisotopic (exact) mass is 419 g/mol. The normalized spacial score (nSPS) is 31.7. The van der Waals surface area contributed by atoms with Gasteiger partial charge in [0.25, 0.3) is 0 Å². The number of rotatable bonds is 4. The van der Waals surface area contributed by atoms with Gasteiger partial charge in [-0.1, -0.05) is 30.3 Å². The second kappa shape index (κ2) is 7.13. The number of imidazole rings is 1. The molecule has 152 valence electrons. The van der Waals surface area contributed by atoms with Crippen molar-refractivity contribution in [1.82, 2.24) is 19.5 Å². The Balaban J connectivity index is 1.41. The van der Waals surface area contributed by atoms with E-state index in [2.05, 4.69) is 20.3 Å². The quantitative estimate of drug-likeness (QED) is 0.529. The van der Waals surface area contributed by atoms with Crippen molar-refractivity contribution < 1.29 is 28.3 Å². The Morgan fingerprint density at radius 1 is 1.24 bits per heavy atom. The lowest BCUT2D eigenvalue weighted by Crippen LogP contribution is -2.39. The van der Waals surface area contributed by atoms with Crippen LogP contribution in [0.25, 0.3) is 11.2 Å². The van der Waals surface area contributed by atoms with Crippen molar-refractivity contribution in [1.29, 1.82) is 0 Å². The van der Waals surface area contributed by atoms with E-state index in [9.17, 15) is 14.6 Å². The lowest BCUT2D eigenvalue weighted by molar-refractivity contribution is -0.0664. The van der Waals surface area contributed by atoms with Gasteiger partial charge in [0.15, 0.2) is 23.2 Å². The number of nitrogens with one attached hydrogen (secondary N) is 1. The van der Waals surface area contributed by atoms with Crippen LogP contribution < -0.4 is 5.32 Å². The fourth-order valence-corrected chi connectivity index (χ4v) is 4.48. The molecule has 0 spiro atoms. The topological polar surface area (TPSA) is 141 Å². The first kappa shape index (κ1) is 18.6. The molecule has 2 aromatic heterocycles. The molecule has 0 aliphatic carbocycles. The maximum absolute atomic E-state index is 11.7. The van der Waals surface area contributed by atoms with Gasteiger partial charge in [-0.15, -0.1) is 0 Å². The second-order valence-corrected chi connectivity index (χ2v) is 8.18. The molecule has 12 heteroatoms. The van der Waals surface area contributed by atoms with Gasteiger partial charge in [0.2, 0.25) is 0 Å². The molecule has 2 saturated heterocycles. The minimum atomic E-state index is -4.19. The van der Waals surface area contributed by atoms with E-state index in [1.54, 1.807) is 4.57 Å². The number of ether oxygens (including phenoxy) is 1. The molecule has 3 N–H and O–H groups in total. The zero-order chi connectivity index (χ0) is 20.0. The van der Waals surface area contributed by atoms with Gasteiger partial charge in [0, 0.05) is 6.54 Å². The Kier molecular flexibility index (Phi) is 4.58. The third-order valence-electron chi connectivity index (χ3n) is 4.90. The van der Waals surface area contributed by atoms with Crippen LogP contribution in [-0.2, 0) is 24.9 Å². The Hall–Kier alpha value is -2.40.